The molecule has 0 aliphatic heterocycles. The highest BCUT2D eigenvalue weighted by molar-refractivity contribution is 7.90. The molecular weight excluding hydrogens is 303 g/mol. The van der Waals surface area contributed by atoms with Crippen molar-refractivity contribution < 1.29 is 21.6 Å². The third-order valence-electron chi connectivity index (χ3n) is 2.19. The predicted molar refractivity (Wildman–Crippen MR) is 69.2 cm³/mol. The Morgan fingerprint density at radius 2 is 1.89 bits per heavy atom. The summed E-state index contributed by atoms with van der Waals surface area (Å²) in [6, 6.07) is 2.50. The van der Waals surface area contributed by atoms with E-state index in [0.29, 0.717) is 0 Å². The lowest BCUT2D eigenvalue weighted by Gasteiger charge is -2.16. The predicted octanol–water partition coefficient (Wildman–Crippen LogP) is 3.20. The summed E-state index contributed by atoms with van der Waals surface area (Å²) in [6.45, 7) is 1.56. The summed E-state index contributed by atoms with van der Waals surface area (Å²) >= 11 is 5.61. The number of rotatable bonds is 4. The molecule has 0 heterocycles. The van der Waals surface area contributed by atoms with Gasteiger partial charge in [0.25, 0.3) is 0 Å². The van der Waals surface area contributed by atoms with Crippen LogP contribution >= 0.6 is 11.6 Å². The van der Waals surface area contributed by atoms with Crippen molar-refractivity contribution in [3.63, 3.8) is 0 Å². The Morgan fingerprint density at radius 3 is 2.37 bits per heavy atom. The second-order valence-electron chi connectivity index (χ2n) is 4.36. The highest BCUT2D eigenvalue weighted by Crippen LogP contribution is 2.33. The minimum Gasteiger partial charge on any atom is -0.382 e. The van der Waals surface area contributed by atoms with E-state index in [0.717, 1.165) is 18.4 Å². The normalized spacial score (nSPS) is 14.2. The lowest BCUT2D eigenvalue weighted by atomic mass is 10.2. The zero-order chi connectivity index (χ0) is 14.8. The Morgan fingerprint density at radius 1 is 1.32 bits per heavy atom. The summed E-state index contributed by atoms with van der Waals surface area (Å²) in [5, 5.41) is 2.62. The first-order chi connectivity index (χ1) is 8.47. The van der Waals surface area contributed by atoms with Crippen molar-refractivity contribution in [2.24, 2.45) is 0 Å². The fraction of sp³-hybridized carbons (Fsp3) is 0.455. The maximum atomic E-state index is 12.6. The summed E-state index contributed by atoms with van der Waals surface area (Å²) in [5.41, 5.74) is -0.745. The Kier molecular flexibility index (Phi) is 4.73. The zero-order valence-electron chi connectivity index (χ0n) is 10.3. The molecule has 0 saturated heterocycles. The van der Waals surface area contributed by atoms with Gasteiger partial charge in [-0.25, -0.2) is 8.42 Å². The SMILES string of the molecule is CC(CS(C)(=O)=O)Nc1cc(Cl)cc(C(F)(F)F)c1. The third-order valence-corrected chi connectivity index (χ3v) is 3.51. The van der Waals surface area contributed by atoms with Gasteiger partial charge in [-0.15, -0.1) is 0 Å². The maximum absolute atomic E-state index is 12.6. The van der Waals surface area contributed by atoms with Gasteiger partial charge in [-0.05, 0) is 25.1 Å². The monoisotopic (exact) mass is 315 g/mol. The highest BCUT2D eigenvalue weighted by atomic mass is 35.5. The van der Waals surface area contributed by atoms with E-state index in [2.05, 4.69) is 5.32 Å². The first kappa shape index (κ1) is 16.1. The molecule has 0 amide bonds. The second kappa shape index (κ2) is 5.58. The summed E-state index contributed by atoms with van der Waals surface area (Å²) in [6.07, 6.45) is -3.44. The van der Waals surface area contributed by atoms with Gasteiger partial charge in [0.1, 0.15) is 9.84 Å². The number of nitrogens with one attached hydrogen (secondary N) is 1. The van der Waals surface area contributed by atoms with Crippen LogP contribution in [0.5, 0.6) is 0 Å². The van der Waals surface area contributed by atoms with Crippen LogP contribution in [0.15, 0.2) is 18.2 Å². The van der Waals surface area contributed by atoms with E-state index in [4.69, 9.17) is 11.6 Å². The molecule has 1 aromatic carbocycles. The van der Waals surface area contributed by atoms with Crippen LogP contribution in [0.4, 0.5) is 18.9 Å². The molecule has 0 radical (unpaired) electrons. The van der Waals surface area contributed by atoms with Gasteiger partial charge in [0.15, 0.2) is 0 Å². The summed E-state index contributed by atoms with van der Waals surface area (Å²) in [4.78, 5) is 0. The van der Waals surface area contributed by atoms with E-state index in [1.807, 2.05) is 0 Å². The fourth-order valence-electron chi connectivity index (χ4n) is 1.62. The van der Waals surface area contributed by atoms with E-state index < -0.39 is 27.6 Å². The van der Waals surface area contributed by atoms with E-state index >= 15 is 0 Å². The topological polar surface area (TPSA) is 46.2 Å². The summed E-state index contributed by atoms with van der Waals surface area (Å²) in [7, 11) is -3.21. The molecule has 1 atom stereocenters. The van der Waals surface area contributed by atoms with Crippen molar-refractivity contribution in [1.82, 2.24) is 0 Å². The van der Waals surface area contributed by atoms with Crippen molar-refractivity contribution in [1.29, 1.82) is 0 Å². The quantitative estimate of drug-likeness (QED) is 0.928. The Labute approximate surface area is 114 Å². The van der Waals surface area contributed by atoms with Gasteiger partial charge in [0.2, 0.25) is 0 Å². The number of benzene rings is 1. The van der Waals surface area contributed by atoms with E-state index in [9.17, 15) is 21.6 Å². The minimum atomic E-state index is -4.50. The molecule has 0 aliphatic rings. The molecule has 0 aromatic heterocycles. The van der Waals surface area contributed by atoms with Gasteiger partial charge in [-0.3, -0.25) is 0 Å². The lowest BCUT2D eigenvalue weighted by molar-refractivity contribution is -0.137. The number of halogens is 4. The Balaban J connectivity index is 2.93. The van der Waals surface area contributed by atoms with Gasteiger partial charge in [-0.1, -0.05) is 11.6 Å². The number of alkyl halides is 3. The largest absolute Gasteiger partial charge is 0.416 e. The number of sulfone groups is 1. The van der Waals surface area contributed by atoms with Gasteiger partial charge in [0.05, 0.1) is 11.3 Å². The van der Waals surface area contributed by atoms with Crippen molar-refractivity contribution in [3.05, 3.63) is 28.8 Å². The molecule has 1 N–H and O–H groups in total. The molecule has 3 nitrogen and oxygen atoms in total. The molecule has 0 bridgehead atoms. The second-order valence-corrected chi connectivity index (χ2v) is 6.99. The van der Waals surface area contributed by atoms with Crippen LogP contribution in [0.25, 0.3) is 0 Å². The highest BCUT2D eigenvalue weighted by Gasteiger charge is 2.31. The number of hydrogen-bond acceptors (Lipinski definition) is 3. The molecule has 0 fully saturated rings. The molecule has 8 heteroatoms. The minimum absolute atomic E-state index is 0.0659. The third kappa shape index (κ3) is 5.69. The Bertz CT molecular complexity index is 558. The molecule has 1 unspecified atom stereocenters. The van der Waals surface area contributed by atoms with Crippen molar-refractivity contribution in [2.75, 3.05) is 17.3 Å². The van der Waals surface area contributed by atoms with Crippen molar-refractivity contribution in [2.45, 2.75) is 19.1 Å². The van der Waals surface area contributed by atoms with Crippen LogP contribution in [0, 0.1) is 0 Å². The van der Waals surface area contributed by atoms with E-state index in [-0.39, 0.29) is 16.5 Å². The van der Waals surface area contributed by atoms with Crippen LogP contribution in [0.2, 0.25) is 5.02 Å². The van der Waals surface area contributed by atoms with Gasteiger partial charge in [0, 0.05) is 23.0 Å². The van der Waals surface area contributed by atoms with Gasteiger partial charge in [-0.2, -0.15) is 13.2 Å². The number of anilines is 1. The van der Waals surface area contributed by atoms with Crippen LogP contribution in [-0.2, 0) is 16.0 Å². The van der Waals surface area contributed by atoms with Crippen LogP contribution in [-0.4, -0.2) is 26.5 Å². The fourth-order valence-corrected chi connectivity index (χ4v) is 2.84. The van der Waals surface area contributed by atoms with E-state index in [1.165, 1.54) is 6.07 Å². The molecule has 1 aromatic rings. The van der Waals surface area contributed by atoms with Gasteiger partial charge < -0.3 is 5.32 Å². The van der Waals surface area contributed by atoms with Crippen LogP contribution < -0.4 is 5.32 Å². The molecule has 1 rings (SSSR count). The maximum Gasteiger partial charge on any atom is 0.416 e. The molecule has 0 spiro atoms. The molecular formula is C11H13ClF3NO2S. The first-order valence-corrected chi connectivity index (χ1v) is 7.73. The molecule has 108 valence electrons. The average Bonchev–Trinajstić information content (AvgIpc) is 2.11. The molecule has 0 aliphatic carbocycles. The average molecular weight is 316 g/mol. The summed E-state index contributed by atoms with van der Waals surface area (Å²) < 4.78 is 59.9. The number of hydrogen-bond donors (Lipinski definition) is 1. The van der Waals surface area contributed by atoms with Crippen LogP contribution in [0.1, 0.15) is 12.5 Å². The smallest absolute Gasteiger partial charge is 0.382 e. The molecule has 19 heavy (non-hydrogen) atoms. The molecule has 0 saturated carbocycles. The lowest BCUT2D eigenvalue weighted by Crippen LogP contribution is -2.25. The van der Waals surface area contributed by atoms with Crippen molar-refractivity contribution in [3.8, 4) is 0 Å². The van der Waals surface area contributed by atoms with Gasteiger partial charge >= 0.3 is 6.18 Å². The van der Waals surface area contributed by atoms with Crippen LogP contribution in [0.3, 0.4) is 0 Å². The first-order valence-electron chi connectivity index (χ1n) is 5.29. The zero-order valence-corrected chi connectivity index (χ0v) is 11.8. The van der Waals surface area contributed by atoms with Crippen molar-refractivity contribution >= 4 is 27.1 Å². The Hall–Kier alpha value is -0.950. The van der Waals surface area contributed by atoms with E-state index in [1.54, 1.807) is 6.92 Å². The standard InChI is InChI=1S/C11H13ClF3NO2S/c1-7(6-19(2,17)18)16-10-4-8(11(13,14)15)3-9(12)5-10/h3-5,7,16H,6H2,1-2H3. The summed E-state index contributed by atoms with van der Waals surface area (Å²) in [5.74, 6) is -0.180.